The maximum absolute atomic E-state index is 12.0. The number of nitrogens with zero attached hydrogens (tertiary/aromatic N) is 3. The maximum atomic E-state index is 12.0. The quantitative estimate of drug-likeness (QED) is 0.687. The van der Waals surface area contributed by atoms with E-state index in [0.717, 1.165) is 4.57 Å². The summed E-state index contributed by atoms with van der Waals surface area (Å²) >= 11 is 4.99. The van der Waals surface area contributed by atoms with Gasteiger partial charge in [0, 0.05) is 18.8 Å². The summed E-state index contributed by atoms with van der Waals surface area (Å²) in [5.74, 6) is 0. The van der Waals surface area contributed by atoms with Crippen molar-refractivity contribution in [1.82, 2.24) is 13.7 Å². The maximum Gasteiger partial charge on any atom is 0.339 e. The van der Waals surface area contributed by atoms with Gasteiger partial charge in [-0.05, 0) is 33.0 Å². The van der Waals surface area contributed by atoms with E-state index in [9.17, 15) is 9.59 Å². The van der Waals surface area contributed by atoms with Crippen LogP contribution in [0.25, 0.3) is 6.20 Å². The highest BCUT2D eigenvalue weighted by atomic mass is 32.1. The highest BCUT2D eigenvalue weighted by molar-refractivity contribution is 7.71. The molecule has 1 heterocycles. The Balaban J connectivity index is 4.01. The van der Waals surface area contributed by atoms with Gasteiger partial charge in [0.05, 0.1) is 0 Å². The summed E-state index contributed by atoms with van der Waals surface area (Å²) in [4.78, 5) is 24.0. The predicted molar refractivity (Wildman–Crippen MR) is 66.2 cm³/mol. The zero-order chi connectivity index (χ0) is 12.7. The topological polar surface area (TPSA) is 48.9 Å². The second-order valence-corrected chi connectivity index (χ2v) is 4.83. The smallest absolute Gasteiger partial charge is 0.273 e. The summed E-state index contributed by atoms with van der Waals surface area (Å²) in [5.41, 5.74) is -1.48. The van der Waals surface area contributed by atoms with Crippen LogP contribution in [0.15, 0.2) is 16.2 Å². The van der Waals surface area contributed by atoms with Crippen molar-refractivity contribution >= 4 is 18.4 Å². The summed E-state index contributed by atoms with van der Waals surface area (Å²) < 4.78 is 3.74. The molecule has 1 aromatic heterocycles. The lowest BCUT2D eigenvalue weighted by Gasteiger charge is -2.22. The average molecular weight is 241 g/mol. The van der Waals surface area contributed by atoms with Crippen LogP contribution in [0.2, 0.25) is 0 Å². The fraction of sp³-hybridized carbons (Fsp3) is 0.500. The first-order valence-electron chi connectivity index (χ1n) is 4.79. The second kappa shape index (κ2) is 3.86. The van der Waals surface area contributed by atoms with E-state index >= 15 is 0 Å². The minimum absolute atomic E-state index is 0.144. The molecule has 0 spiro atoms. The van der Waals surface area contributed by atoms with Crippen LogP contribution in [0.4, 0.5) is 0 Å². The molecule has 0 saturated carbocycles. The standard InChI is InChI=1S/C10H15N3O2S/c1-6-12-8(15)13(10(2,3)4)7(14)11(5)9(12)16/h6H,1H2,2-5H3. The van der Waals surface area contributed by atoms with Crippen molar-refractivity contribution in [1.29, 1.82) is 0 Å². The summed E-state index contributed by atoms with van der Waals surface area (Å²) in [6.45, 7) is 8.87. The van der Waals surface area contributed by atoms with Gasteiger partial charge < -0.3 is 0 Å². The molecule has 0 aliphatic carbocycles. The molecule has 6 heteroatoms. The first kappa shape index (κ1) is 12.6. The third kappa shape index (κ3) is 1.80. The molecule has 0 fully saturated rings. The lowest BCUT2D eigenvalue weighted by molar-refractivity contribution is 0.342. The van der Waals surface area contributed by atoms with Crippen molar-refractivity contribution < 1.29 is 0 Å². The van der Waals surface area contributed by atoms with Crippen LogP contribution in [-0.2, 0) is 12.6 Å². The highest BCUT2D eigenvalue weighted by Crippen LogP contribution is 2.07. The summed E-state index contributed by atoms with van der Waals surface area (Å²) in [6, 6.07) is 0. The molecule has 0 unspecified atom stereocenters. The lowest BCUT2D eigenvalue weighted by atomic mass is 10.1. The van der Waals surface area contributed by atoms with Crippen LogP contribution in [0.5, 0.6) is 0 Å². The number of aromatic nitrogens is 3. The minimum atomic E-state index is -0.597. The van der Waals surface area contributed by atoms with E-state index in [1.54, 1.807) is 20.8 Å². The Morgan fingerprint density at radius 3 is 2.12 bits per heavy atom. The molecule has 16 heavy (non-hydrogen) atoms. The van der Waals surface area contributed by atoms with Gasteiger partial charge in [0.1, 0.15) is 0 Å². The van der Waals surface area contributed by atoms with Gasteiger partial charge in [-0.1, -0.05) is 6.58 Å². The van der Waals surface area contributed by atoms with Crippen molar-refractivity contribution in [2.45, 2.75) is 26.3 Å². The summed E-state index contributed by atoms with van der Waals surface area (Å²) in [6.07, 6.45) is 1.31. The molecule has 0 radical (unpaired) electrons. The molecule has 88 valence electrons. The molecule has 0 atom stereocenters. The Hall–Kier alpha value is -1.43. The van der Waals surface area contributed by atoms with Crippen LogP contribution in [0, 0.1) is 4.77 Å². The van der Waals surface area contributed by atoms with E-state index < -0.39 is 16.9 Å². The molecule has 5 nitrogen and oxygen atoms in total. The Morgan fingerprint density at radius 2 is 1.75 bits per heavy atom. The molecule has 1 aromatic rings. The average Bonchev–Trinajstić information content (AvgIpc) is 2.13. The Labute approximate surface area is 98.3 Å². The third-order valence-electron chi connectivity index (χ3n) is 2.22. The van der Waals surface area contributed by atoms with Gasteiger partial charge >= 0.3 is 11.4 Å². The fourth-order valence-electron chi connectivity index (χ4n) is 1.39. The molecule has 0 N–H and O–H groups in total. The minimum Gasteiger partial charge on any atom is -0.273 e. The zero-order valence-corrected chi connectivity index (χ0v) is 10.7. The highest BCUT2D eigenvalue weighted by Gasteiger charge is 2.20. The molecule has 0 aromatic carbocycles. The van der Waals surface area contributed by atoms with E-state index in [0.29, 0.717) is 0 Å². The van der Waals surface area contributed by atoms with Crippen LogP contribution in [-0.4, -0.2) is 13.7 Å². The molecule has 0 aliphatic rings. The molecule has 0 saturated heterocycles. The van der Waals surface area contributed by atoms with Gasteiger partial charge in [0.25, 0.3) is 0 Å². The normalized spacial score (nSPS) is 11.5. The monoisotopic (exact) mass is 241 g/mol. The molecule has 1 rings (SSSR count). The van der Waals surface area contributed by atoms with Gasteiger partial charge in [-0.15, -0.1) is 0 Å². The lowest BCUT2D eigenvalue weighted by Crippen LogP contribution is -2.50. The Morgan fingerprint density at radius 1 is 1.25 bits per heavy atom. The van der Waals surface area contributed by atoms with Crippen molar-refractivity contribution in [2.24, 2.45) is 7.05 Å². The van der Waals surface area contributed by atoms with Crippen LogP contribution in [0.3, 0.4) is 0 Å². The molecular formula is C10H15N3O2S. The molecular weight excluding hydrogens is 226 g/mol. The predicted octanol–water partition coefficient (Wildman–Crippen LogP) is 0.933. The first-order chi connectivity index (χ1) is 7.21. The molecule has 0 aliphatic heterocycles. The molecule has 0 bridgehead atoms. The number of rotatable bonds is 1. The van der Waals surface area contributed by atoms with E-state index in [-0.39, 0.29) is 4.77 Å². The van der Waals surface area contributed by atoms with Crippen molar-refractivity contribution in [3.8, 4) is 0 Å². The Kier molecular flexibility index (Phi) is 3.05. The number of hydrogen-bond donors (Lipinski definition) is 0. The van der Waals surface area contributed by atoms with Crippen molar-refractivity contribution in [3.05, 3.63) is 32.3 Å². The van der Waals surface area contributed by atoms with Crippen LogP contribution < -0.4 is 11.4 Å². The molecule has 0 amide bonds. The first-order valence-corrected chi connectivity index (χ1v) is 5.20. The second-order valence-electron chi connectivity index (χ2n) is 4.47. The van der Waals surface area contributed by atoms with E-state index in [1.165, 1.54) is 22.4 Å². The SMILES string of the molecule is C=Cn1c(=S)n(C)c(=O)n(C(C)(C)C)c1=O. The van der Waals surface area contributed by atoms with Gasteiger partial charge in [-0.3, -0.25) is 4.57 Å². The van der Waals surface area contributed by atoms with Crippen molar-refractivity contribution in [3.63, 3.8) is 0 Å². The summed E-state index contributed by atoms with van der Waals surface area (Å²) in [7, 11) is 1.53. The van der Waals surface area contributed by atoms with Crippen LogP contribution in [0.1, 0.15) is 20.8 Å². The van der Waals surface area contributed by atoms with E-state index in [1.807, 2.05) is 0 Å². The van der Waals surface area contributed by atoms with E-state index in [2.05, 4.69) is 6.58 Å². The van der Waals surface area contributed by atoms with Gasteiger partial charge in [0.2, 0.25) is 0 Å². The van der Waals surface area contributed by atoms with E-state index in [4.69, 9.17) is 12.2 Å². The largest absolute Gasteiger partial charge is 0.339 e. The zero-order valence-electron chi connectivity index (χ0n) is 9.85. The van der Waals surface area contributed by atoms with Gasteiger partial charge in [0.15, 0.2) is 4.77 Å². The summed E-state index contributed by atoms with van der Waals surface area (Å²) in [5, 5.41) is 0. The number of hydrogen-bond acceptors (Lipinski definition) is 3. The van der Waals surface area contributed by atoms with Crippen LogP contribution >= 0.6 is 12.2 Å². The third-order valence-corrected chi connectivity index (χ3v) is 2.69. The van der Waals surface area contributed by atoms with Gasteiger partial charge in [-0.25, -0.2) is 18.7 Å². The fourth-order valence-corrected chi connectivity index (χ4v) is 1.63. The van der Waals surface area contributed by atoms with Crippen molar-refractivity contribution in [2.75, 3.05) is 0 Å². The Bertz CT molecular complexity index is 598. The van der Waals surface area contributed by atoms with Gasteiger partial charge in [-0.2, -0.15) is 0 Å².